The van der Waals surface area contributed by atoms with Gasteiger partial charge in [0.1, 0.15) is 6.04 Å². The number of nitrogens with one attached hydrogen (secondary N) is 1. The smallest absolute Gasteiger partial charge is 0.322 e. The summed E-state index contributed by atoms with van der Waals surface area (Å²) in [7, 11) is 0. The van der Waals surface area contributed by atoms with Crippen molar-refractivity contribution in [1.29, 1.82) is 0 Å². The highest BCUT2D eigenvalue weighted by molar-refractivity contribution is 7.99. The summed E-state index contributed by atoms with van der Waals surface area (Å²) in [6.07, 6.45) is 2.40. The molecule has 3 unspecified atom stereocenters. The predicted molar refractivity (Wildman–Crippen MR) is 64.2 cm³/mol. The number of esters is 1. The average molecular weight is 231 g/mol. The summed E-state index contributed by atoms with van der Waals surface area (Å²) in [6, 6.07) is 0.263. The molecule has 0 amide bonds. The molecule has 1 heterocycles. The summed E-state index contributed by atoms with van der Waals surface area (Å²) >= 11 is 1.98. The van der Waals surface area contributed by atoms with Crippen LogP contribution in [0.4, 0.5) is 0 Å². The molecule has 3 nitrogen and oxygen atoms in total. The largest absolute Gasteiger partial charge is 0.465 e. The van der Waals surface area contributed by atoms with Gasteiger partial charge in [-0.25, -0.2) is 0 Å². The van der Waals surface area contributed by atoms with E-state index in [1.807, 2.05) is 25.6 Å². The highest BCUT2D eigenvalue weighted by Gasteiger charge is 2.25. The topological polar surface area (TPSA) is 38.3 Å². The zero-order chi connectivity index (χ0) is 11.3. The SMILES string of the molecule is CCOC(=O)C(C)NC1CCCSC1C. The zero-order valence-corrected chi connectivity index (χ0v) is 10.6. The van der Waals surface area contributed by atoms with Gasteiger partial charge in [-0.3, -0.25) is 4.79 Å². The third-order valence-corrected chi connectivity index (χ3v) is 4.09. The molecule has 4 heteroatoms. The molecule has 1 fully saturated rings. The Morgan fingerprint density at radius 1 is 1.67 bits per heavy atom. The molecule has 0 aromatic heterocycles. The van der Waals surface area contributed by atoms with Gasteiger partial charge < -0.3 is 10.1 Å². The lowest BCUT2D eigenvalue weighted by Crippen LogP contribution is -2.47. The van der Waals surface area contributed by atoms with E-state index in [4.69, 9.17) is 4.74 Å². The van der Waals surface area contributed by atoms with Gasteiger partial charge in [-0.1, -0.05) is 6.92 Å². The van der Waals surface area contributed by atoms with Crippen LogP contribution in [0.15, 0.2) is 0 Å². The fourth-order valence-corrected chi connectivity index (χ4v) is 2.95. The van der Waals surface area contributed by atoms with Crippen molar-refractivity contribution >= 4 is 17.7 Å². The monoisotopic (exact) mass is 231 g/mol. The second kappa shape index (κ2) is 6.38. The van der Waals surface area contributed by atoms with Crippen LogP contribution in [0.3, 0.4) is 0 Å². The van der Waals surface area contributed by atoms with Crippen molar-refractivity contribution in [3.8, 4) is 0 Å². The van der Waals surface area contributed by atoms with E-state index in [0.29, 0.717) is 17.9 Å². The van der Waals surface area contributed by atoms with Gasteiger partial charge in [-0.05, 0) is 32.4 Å². The molecule has 15 heavy (non-hydrogen) atoms. The fraction of sp³-hybridized carbons (Fsp3) is 0.909. The van der Waals surface area contributed by atoms with Crippen LogP contribution in [0.5, 0.6) is 0 Å². The van der Waals surface area contributed by atoms with Crippen molar-refractivity contribution in [2.75, 3.05) is 12.4 Å². The minimum Gasteiger partial charge on any atom is -0.465 e. The Morgan fingerprint density at radius 2 is 2.40 bits per heavy atom. The van der Waals surface area contributed by atoms with Crippen LogP contribution in [0.25, 0.3) is 0 Å². The number of hydrogen-bond acceptors (Lipinski definition) is 4. The van der Waals surface area contributed by atoms with Crippen molar-refractivity contribution < 1.29 is 9.53 Å². The van der Waals surface area contributed by atoms with Crippen molar-refractivity contribution in [3.05, 3.63) is 0 Å². The summed E-state index contributed by atoms with van der Waals surface area (Å²) < 4.78 is 4.97. The Kier molecular flexibility index (Phi) is 5.47. The first kappa shape index (κ1) is 12.8. The molecule has 0 bridgehead atoms. The Hall–Kier alpha value is -0.220. The van der Waals surface area contributed by atoms with Gasteiger partial charge >= 0.3 is 5.97 Å². The van der Waals surface area contributed by atoms with E-state index in [2.05, 4.69) is 12.2 Å². The van der Waals surface area contributed by atoms with Gasteiger partial charge in [-0.15, -0.1) is 0 Å². The zero-order valence-electron chi connectivity index (χ0n) is 9.79. The second-order valence-electron chi connectivity index (χ2n) is 3.97. The highest BCUT2D eigenvalue weighted by atomic mass is 32.2. The lowest BCUT2D eigenvalue weighted by Gasteiger charge is -2.31. The van der Waals surface area contributed by atoms with E-state index >= 15 is 0 Å². The van der Waals surface area contributed by atoms with E-state index in [0.717, 1.165) is 6.42 Å². The second-order valence-corrected chi connectivity index (χ2v) is 5.45. The summed E-state index contributed by atoms with van der Waals surface area (Å²) in [5, 5.41) is 3.95. The standard InChI is InChI=1S/C11H21NO2S/c1-4-14-11(13)8(2)12-10-6-5-7-15-9(10)3/h8-10,12H,4-7H2,1-3H3. The quantitative estimate of drug-likeness (QED) is 0.749. The van der Waals surface area contributed by atoms with E-state index in [1.165, 1.54) is 12.2 Å². The van der Waals surface area contributed by atoms with Crippen molar-refractivity contribution in [1.82, 2.24) is 5.32 Å². The molecular weight excluding hydrogens is 210 g/mol. The minimum absolute atomic E-state index is 0.139. The van der Waals surface area contributed by atoms with E-state index in [9.17, 15) is 4.79 Å². The number of rotatable bonds is 4. The highest BCUT2D eigenvalue weighted by Crippen LogP contribution is 2.25. The third kappa shape index (κ3) is 4.03. The molecule has 1 rings (SSSR count). The molecule has 1 aliphatic rings. The maximum Gasteiger partial charge on any atom is 0.322 e. The number of hydrogen-bond donors (Lipinski definition) is 1. The molecule has 3 atom stereocenters. The third-order valence-electron chi connectivity index (χ3n) is 2.71. The van der Waals surface area contributed by atoms with Crippen LogP contribution in [0.2, 0.25) is 0 Å². The van der Waals surface area contributed by atoms with Crippen LogP contribution in [0, 0.1) is 0 Å². The molecule has 0 aromatic carbocycles. The van der Waals surface area contributed by atoms with Gasteiger partial charge in [0.05, 0.1) is 6.61 Å². The van der Waals surface area contributed by atoms with Gasteiger partial charge in [0, 0.05) is 11.3 Å². The maximum absolute atomic E-state index is 11.4. The first-order valence-electron chi connectivity index (χ1n) is 5.69. The maximum atomic E-state index is 11.4. The molecule has 0 aromatic rings. The first-order valence-corrected chi connectivity index (χ1v) is 6.74. The summed E-state index contributed by atoms with van der Waals surface area (Å²) in [5.74, 6) is 1.10. The molecule has 0 radical (unpaired) electrons. The lowest BCUT2D eigenvalue weighted by molar-refractivity contribution is -0.145. The van der Waals surface area contributed by atoms with Crippen molar-refractivity contribution in [2.45, 2.75) is 50.9 Å². The van der Waals surface area contributed by atoms with Gasteiger partial charge in [0.25, 0.3) is 0 Å². The van der Waals surface area contributed by atoms with Crippen LogP contribution < -0.4 is 5.32 Å². The van der Waals surface area contributed by atoms with Gasteiger partial charge in [0.15, 0.2) is 0 Å². The van der Waals surface area contributed by atoms with Crippen LogP contribution >= 0.6 is 11.8 Å². The fourth-order valence-electron chi connectivity index (χ4n) is 1.80. The van der Waals surface area contributed by atoms with Gasteiger partial charge in [-0.2, -0.15) is 11.8 Å². The Labute approximate surface area is 96.3 Å². The first-order chi connectivity index (χ1) is 7.15. The lowest BCUT2D eigenvalue weighted by atomic mass is 10.1. The number of carbonyl (C=O) groups excluding carboxylic acids is 1. The van der Waals surface area contributed by atoms with E-state index < -0.39 is 0 Å². The summed E-state index contributed by atoms with van der Waals surface area (Å²) in [6.45, 7) is 6.40. The number of carbonyl (C=O) groups is 1. The molecule has 0 spiro atoms. The molecular formula is C11H21NO2S. The Bertz CT molecular complexity index is 211. The van der Waals surface area contributed by atoms with E-state index in [-0.39, 0.29) is 12.0 Å². The summed E-state index contributed by atoms with van der Waals surface area (Å²) in [4.78, 5) is 11.4. The Morgan fingerprint density at radius 3 is 3.00 bits per heavy atom. The van der Waals surface area contributed by atoms with Crippen molar-refractivity contribution in [3.63, 3.8) is 0 Å². The normalized spacial score (nSPS) is 28.5. The molecule has 1 saturated heterocycles. The molecule has 1 aliphatic heterocycles. The minimum atomic E-state index is -0.184. The van der Waals surface area contributed by atoms with Crippen molar-refractivity contribution in [2.24, 2.45) is 0 Å². The number of thioether (sulfide) groups is 1. The molecule has 0 aliphatic carbocycles. The predicted octanol–water partition coefficient (Wildman–Crippen LogP) is 1.81. The van der Waals surface area contributed by atoms with E-state index in [1.54, 1.807) is 0 Å². The summed E-state index contributed by atoms with van der Waals surface area (Å²) in [5.41, 5.74) is 0. The van der Waals surface area contributed by atoms with Crippen LogP contribution in [-0.4, -0.2) is 35.7 Å². The van der Waals surface area contributed by atoms with Crippen LogP contribution in [0.1, 0.15) is 33.6 Å². The molecule has 0 saturated carbocycles. The van der Waals surface area contributed by atoms with Crippen LogP contribution in [-0.2, 0) is 9.53 Å². The average Bonchev–Trinajstić information content (AvgIpc) is 2.21. The number of ether oxygens (including phenoxy) is 1. The van der Waals surface area contributed by atoms with Gasteiger partial charge in [0.2, 0.25) is 0 Å². The Balaban J connectivity index is 2.35. The molecule has 88 valence electrons. The molecule has 1 N–H and O–H groups in total.